The second-order valence-corrected chi connectivity index (χ2v) is 7.70. The molecular weight excluding hydrogens is 400 g/mol. The average Bonchev–Trinajstić information content (AvgIpc) is 3.21. The number of nitrogens with zero attached hydrogens (tertiary/aromatic N) is 2. The van der Waals surface area contributed by atoms with Crippen LogP contribution >= 0.6 is 11.3 Å². The number of amides is 2. The van der Waals surface area contributed by atoms with Gasteiger partial charge in [0, 0.05) is 12.0 Å². The fourth-order valence-corrected chi connectivity index (χ4v) is 3.60. The minimum absolute atomic E-state index is 0.313. The lowest BCUT2D eigenvalue weighted by atomic mass is 10.1. The molecule has 0 saturated carbocycles. The summed E-state index contributed by atoms with van der Waals surface area (Å²) in [6.07, 6.45) is 4.19. The first-order valence-corrected chi connectivity index (χ1v) is 10.6. The lowest BCUT2D eigenvalue weighted by Gasteiger charge is -2.10. The molecule has 0 bridgehead atoms. The summed E-state index contributed by atoms with van der Waals surface area (Å²) in [5, 5.41) is 15.1. The number of ether oxygens (including phenoxy) is 1. The molecule has 3 aromatic rings. The standard InChI is InChI=1S/C22H24N4O3S/c1-3-4-5-10-19-25-26-22(30-19)24-21(28)17-8-6-7-9-18(17)23-20(27)15-11-13-16(29-2)14-12-15/h6-9,11-14H,3-5,10H2,1-2H3,(H,23,27)(H,24,26,28). The first-order chi connectivity index (χ1) is 14.6. The Morgan fingerprint density at radius 1 is 0.967 bits per heavy atom. The third kappa shape index (κ3) is 5.64. The summed E-state index contributed by atoms with van der Waals surface area (Å²) >= 11 is 1.37. The Morgan fingerprint density at radius 2 is 1.73 bits per heavy atom. The number of methoxy groups -OCH3 is 1. The largest absolute Gasteiger partial charge is 0.497 e. The van der Waals surface area contributed by atoms with Crippen molar-refractivity contribution in [2.24, 2.45) is 0 Å². The molecule has 0 fully saturated rings. The van der Waals surface area contributed by atoms with Crippen molar-refractivity contribution >= 4 is 34.0 Å². The molecule has 7 nitrogen and oxygen atoms in total. The number of anilines is 2. The van der Waals surface area contributed by atoms with Gasteiger partial charge in [-0.05, 0) is 42.8 Å². The number of benzene rings is 2. The summed E-state index contributed by atoms with van der Waals surface area (Å²) < 4.78 is 5.11. The highest BCUT2D eigenvalue weighted by molar-refractivity contribution is 7.15. The number of carbonyl (C=O) groups is 2. The van der Waals surface area contributed by atoms with E-state index in [1.54, 1.807) is 55.6 Å². The first kappa shape index (κ1) is 21.4. The van der Waals surface area contributed by atoms with E-state index < -0.39 is 0 Å². The van der Waals surface area contributed by atoms with Crippen LogP contribution in [0.3, 0.4) is 0 Å². The molecule has 0 atom stereocenters. The molecule has 156 valence electrons. The van der Waals surface area contributed by atoms with Crippen LogP contribution in [0, 0.1) is 0 Å². The Labute approximate surface area is 179 Å². The average molecular weight is 425 g/mol. The second-order valence-electron chi connectivity index (χ2n) is 6.64. The predicted octanol–water partition coefficient (Wildman–Crippen LogP) is 4.78. The minimum Gasteiger partial charge on any atom is -0.497 e. The molecule has 0 radical (unpaired) electrons. The van der Waals surface area contributed by atoms with E-state index in [1.165, 1.54) is 11.3 Å². The van der Waals surface area contributed by atoms with Crippen LogP contribution in [0.4, 0.5) is 10.8 Å². The summed E-state index contributed by atoms with van der Waals surface area (Å²) in [4.78, 5) is 25.3. The van der Waals surface area contributed by atoms with E-state index in [-0.39, 0.29) is 11.8 Å². The van der Waals surface area contributed by atoms with Gasteiger partial charge in [-0.3, -0.25) is 14.9 Å². The van der Waals surface area contributed by atoms with E-state index in [4.69, 9.17) is 4.74 Å². The van der Waals surface area contributed by atoms with Gasteiger partial charge in [0.05, 0.1) is 18.4 Å². The highest BCUT2D eigenvalue weighted by Gasteiger charge is 2.16. The Kier molecular flexibility index (Phi) is 7.51. The van der Waals surface area contributed by atoms with Crippen molar-refractivity contribution in [2.45, 2.75) is 32.6 Å². The highest BCUT2D eigenvalue weighted by atomic mass is 32.1. The predicted molar refractivity (Wildman–Crippen MR) is 118 cm³/mol. The topological polar surface area (TPSA) is 93.2 Å². The fourth-order valence-electron chi connectivity index (χ4n) is 2.82. The van der Waals surface area contributed by atoms with Gasteiger partial charge in [0.15, 0.2) is 0 Å². The van der Waals surface area contributed by atoms with Gasteiger partial charge < -0.3 is 10.1 Å². The number of hydrogen-bond acceptors (Lipinski definition) is 6. The molecule has 0 aliphatic heterocycles. The normalized spacial score (nSPS) is 10.5. The van der Waals surface area contributed by atoms with Crippen molar-refractivity contribution in [1.82, 2.24) is 10.2 Å². The van der Waals surface area contributed by atoms with Crippen molar-refractivity contribution < 1.29 is 14.3 Å². The maximum absolute atomic E-state index is 12.8. The molecule has 30 heavy (non-hydrogen) atoms. The van der Waals surface area contributed by atoms with Gasteiger partial charge in [-0.1, -0.05) is 43.2 Å². The van der Waals surface area contributed by atoms with E-state index in [0.29, 0.717) is 27.7 Å². The summed E-state index contributed by atoms with van der Waals surface area (Å²) in [6, 6.07) is 13.6. The fraction of sp³-hybridized carbons (Fsp3) is 0.273. The van der Waals surface area contributed by atoms with Gasteiger partial charge in [0.1, 0.15) is 10.8 Å². The molecule has 0 spiro atoms. The van der Waals surface area contributed by atoms with E-state index in [2.05, 4.69) is 27.8 Å². The van der Waals surface area contributed by atoms with Crippen LogP contribution in [0.5, 0.6) is 5.75 Å². The zero-order valence-corrected chi connectivity index (χ0v) is 17.8. The lowest BCUT2D eigenvalue weighted by molar-refractivity contribution is 0.102. The van der Waals surface area contributed by atoms with E-state index >= 15 is 0 Å². The Bertz CT molecular complexity index is 1000. The molecule has 3 rings (SSSR count). The van der Waals surface area contributed by atoms with Crippen LogP contribution < -0.4 is 15.4 Å². The monoisotopic (exact) mass is 424 g/mol. The van der Waals surface area contributed by atoms with Crippen LogP contribution in [-0.2, 0) is 6.42 Å². The molecule has 0 unspecified atom stereocenters. The lowest BCUT2D eigenvalue weighted by Crippen LogP contribution is -2.18. The third-order valence-electron chi connectivity index (χ3n) is 4.45. The molecule has 2 N–H and O–H groups in total. The number of carbonyl (C=O) groups excluding carboxylic acids is 2. The van der Waals surface area contributed by atoms with E-state index in [0.717, 1.165) is 30.7 Å². The third-order valence-corrected chi connectivity index (χ3v) is 5.35. The summed E-state index contributed by atoms with van der Waals surface area (Å²) in [7, 11) is 1.57. The minimum atomic E-state index is -0.350. The van der Waals surface area contributed by atoms with Gasteiger partial charge in [-0.15, -0.1) is 10.2 Å². The van der Waals surface area contributed by atoms with Gasteiger partial charge >= 0.3 is 0 Å². The van der Waals surface area contributed by atoms with Gasteiger partial charge in [0.25, 0.3) is 11.8 Å². The zero-order valence-electron chi connectivity index (χ0n) is 17.0. The second kappa shape index (κ2) is 10.5. The SMILES string of the molecule is CCCCCc1nnc(NC(=O)c2ccccc2NC(=O)c2ccc(OC)cc2)s1. The smallest absolute Gasteiger partial charge is 0.259 e. The summed E-state index contributed by atoms with van der Waals surface area (Å²) in [5.74, 6) is 0.00127. The van der Waals surface area contributed by atoms with Crippen LogP contribution in [0.2, 0.25) is 0 Å². The number of aryl methyl sites for hydroxylation is 1. The van der Waals surface area contributed by atoms with Gasteiger partial charge in [0.2, 0.25) is 5.13 Å². The molecule has 2 aromatic carbocycles. The van der Waals surface area contributed by atoms with Crippen molar-refractivity contribution in [1.29, 1.82) is 0 Å². The summed E-state index contributed by atoms with van der Waals surface area (Å²) in [5.41, 5.74) is 1.23. The molecular formula is C22H24N4O3S. The number of hydrogen-bond donors (Lipinski definition) is 2. The molecule has 8 heteroatoms. The van der Waals surface area contributed by atoms with Crippen molar-refractivity contribution in [3.05, 3.63) is 64.7 Å². The maximum Gasteiger partial charge on any atom is 0.259 e. The van der Waals surface area contributed by atoms with Crippen LogP contribution in [0.15, 0.2) is 48.5 Å². The van der Waals surface area contributed by atoms with Crippen molar-refractivity contribution in [2.75, 3.05) is 17.7 Å². The molecule has 0 aliphatic carbocycles. The molecule has 0 aliphatic rings. The Balaban J connectivity index is 1.68. The molecule has 1 aromatic heterocycles. The number of para-hydroxylation sites is 1. The van der Waals surface area contributed by atoms with Crippen LogP contribution in [0.1, 0.15) is 51.9 Å². The molecule has 1 heterocycles. The Morgan fingerprint density at radius 3 is 2.47 bits per heavy atom. The van der Waals surface area contributed by atoms with Gasteiger partial charge in [-0.25, -0.2) is 0 Å². The van der Waals surface area contributed by atoms with Crippen LogP contribution in [-0.4, -0.2) is 29.1 Å². The van der Waals surface area contributed by atoms with E-state index in [1.807, 2.05) is 0 Å². The highest BCUT2D eigenvalue weighted by Crippen LogP contribution is 2.22. The van der Waals surface area contributed by atoms with E-state index in [9.17, 15) is 9.59 Å². The Hall–Kier alpha value is -3.26. The number of aromatic nitrogens is 2. The van der Waals surface area contributed by atoms with Crippen molar-refractivity contribution in [3.63, 3.8) is 0 Å². The molecule has 2 amide bonds. The number of unbranched alkanes of at least 4 members (excludes halogenated alkanes) is 2. The van der Waals surface area contributed by atoms with Gasteiger partial charge in [-0.2, -0.15) is 0 Å². The zero-order chi connectivity index (χ0) is 21.3. The van der Waals surface area contributed by atoms with Crippen LogP contribution in [0.25, 0.3) is 0 Å². The van der Waals surface area contributed by atoms with Crippen molar-refractivity contribution in [3.8, 4) is 5.75 Å². The first-order valence-electron chi connectivity index (χ1n) is 9.79. The maximum atomic E-state index is 12.8. The number of nitrogens with one attached hydrogen (secondary N) is 2. The quantitative estimate of drug-likeness (QED) is 0.482. The number of rotatable bonds is 9. The molecule has 0 saturated heterocycles. The summed E-state index contributed by atoms with van der Waals surface area (Å²) in [6.45, 7) is 2.15.